The molecule has 2 N–H and O–H groups in total. The van der Waals surface area contributed by atoms with Crippen molar-refractivity contribution in [1.82, 2.24) is 0 Å². The van der Waals surface area contributed by atoms with Crippen LogP contribution in [0.3, 0.4) is 0 Å². The zero-order valence-electron chi connectivity index (χ0n) is 13.6. The standard InChI is InChI=1S/C18H19FN2O2S.ClH/c19-16-8-14-10-22-12-23-17(14)15(9-16)11-24-18(20)21-7-6-13-4-2-1-3-5-13;/h1-5,8-9H,6-7,10-12H2,(H2,20,21);1H. The molecule has 134 valence electrons. The zero-order chi connectivity index (χ0) is 16.8. The van der Waals surface area contributed by atoms with E-state index < -0.39 is 0 Å². The highest BCUT2D eigenvalue weighted by Crippen LogP contribution is 2.31. The van der Waals surface area contributed by atoms with Crippen LogP contribution in [0, 0.1) is 5.82 Å². The average molecular weight is 383 g/mol. The first-order valence-electron chi connectivity index (χ1n) is 7.71. The summed E-state index contributed by atoms with van der Waals surface area (Å²) in [5.74, 6) is 0.922. The van der Waals surface area contributed by atoms with Gasteiger partial charge in [-0.3, -0.25) is 4.99 Å². The SMILES string of the molecule is Cl.NC(=NCCc1ccccc1)SCc1cc(F)cc2c1OCOC2. The normalized spacial score (nSPS) is 13.6. The van der Waals surface area contributed by atoms with Gasteiger partial charge in [-0.25, -0.2) is 4.39 Å². The lowest BCUT2D eigenvalue weighted by molar-refractivity contribution is -0.0171. The maximum atomic E-state index is 13.7. The molecule has 0 unspecified atom stereocenters. The third-order valence-electron chi connectivity index (χ3n) is 3.64. The van der Waals surface area contributed by atoms with E-state index in [1.54, 1.807) is 0 Å². The topological polar surface area (TPSA) is 56.8 Å². The van der Waals surface area contributed by atoms with Gasteiger partial charge < -0.3 is 15.2 Å². The van der Waals surface area contributed by atoms with Crippen molar-refractivity contribution in [3.63, 3.8) is 0 Å². The van der Waals surface area contributed by atoms with Gasteiger partial charge in [-0.15, -0.1) is 12.4 Å². The van der Waals surface area contributed by atoms with E-state index >= 15 is 0 Å². The van der Waals surface area contributed by atoms with Crippen LogP contribution >= 0.6 is 24.2 Å². The molecule has 0 aromatic heterocycles. The third-order valence-corrected chi connectivity index (χ3v) is 4.52. The summed E-state index contributed by atoms with van der Waals surface area (Å²) >= 11 is 1.39. The third kappa shape index (κ3) is 5.63. The molecule has 0 saturated carbocycles. The number of nitrogens with zero attached hydrogens (tertiary/aromatic N) is 1. The van der Waals surface area contributed by atoms with Gasteiger partial charge in [0.2, 0.25) is 0 Å². The minimum absolute atomic E-state index is 0. The summed E-state index contributed by atoms with van der Waals surface area (Å²) in [6.45, 7) is 1.19. The molecule has 0 aliphatic carbocycles. The Balaban J connectivity index is 0.00000225. The van der Waals surface area contributed by atoms with Crippen LogP contribution in [0.1, 0.15) is 16.7 Å². The molecule has 0 atom stereocenters. The number of amidine groups is 1. The summed E-state index contributed by atoms with van der Waals surface area (Å²) in [6.07, 6.45) is 0.845. The fourth-order valence-corrected chi connectivity index (χ4v) is 3.20. The molecule has 2 aromatic carbocycles. The average Bonchev–Trinajstić information content (AvgIpc) is 2.60. The zero-order valence-corrected chi connectivity index (χ0v) is 15.2. The summed E-state index contributed by atoms with van der Waals surface area (Å²) in [7, 11) is 0. The first kappa shape index (κ1) is 19.6. The molecule has 0 bridgehead atoms. The lowest BCUT2D eigenvalue weighted by atomic mass is 10.1. The van der Waals surface area contributed by atoms with Crippen molar-refractivity contribution >= 4 is 29.3 Å². The van der Waals surface area contributed by atoms with E-state index in [0.717, 1.165) is 17.5 Å². The van der Waals surface area contributed by atoms with Crippen molar-refractivity contribution < 1.29 is 13.9 Å². The Kier molecular flexibility index (Phi) is 7.55. The van der Waals surface area contributed by atoms with Gasteiger partial charge in [0.25, 0.3) is 0 Å². The molecule has 4 nitrogen and oxygen atoms in total. The molecule has 25 heavy (non-hydrogen) atoms. The first-order chi connectivity index (χ1) is 11.7. The predicted octanol–water partition coefficient (Wildman–Crippen LogP) is 3.90. The molecule has 7 heteroatoms. The van der Waals surface area contributed by atoms with Crippen LogP contribution in [0.25, 0.3) is 0 Å². The minimum atomic E-state index is -0.293. The Morgan fingerprint density at radius 3 is 2.84 bits per heavy atom. The highest BCUT2D eigenvalue weighted by Gasteiger charge is 2.17. The molecule has 3 rings (SSSR count). The molecular formula is C18H20ClFN2O2S. The molecule has 1 aliphatic rings. The number of halogens is 2. The number of thioether (sulfide) groups is 1. The van der Waals surface area contributed by atoms with E-state index in [-0.39, 0.29) is 25.0 Å². The number of aliphatic imine (C=N–C) groups is 1. The van der Waals surface area contributed by atoms with Crippen molar-refractivity contribution in [2.45, 2.75) is 18.8 Å². The van der Waals surface area contributed by atoms with E-state index in [9.17, 15) is 4.39 Å². The van der Waals surface area contributed by atoms with Crippen LogP contribution in [0.15, 0.2) is 47.5 Å². The maximum Gasteiger partial charge on any atom is 0.189 e. The van der Waals surface area contributed by atoms with Crippen molar-refractivity contribution in [2.75, 3.05) is 13.3 Å². The number of hydrogen-bond donors (Lipinski definition) is 1. The second-order valence-electron chi connectivity index (χ2n) is 5.41. The Morgan fingerprint density at radius 1 is 1.24 bits per heavy atom. The van der Waals surface area contributed by atoms with Crippen LogP contribution in [0.5, 0.6) is 5.75 Å². The maximum absolute atomic E-state index is 13.7. The Hall–Kier alpha value is -1.76. The van der Waals surface area contributed by atoms with E-state index in [4.69, 9.17) is 15.2 Å². The summed E-state index contributed by atoms with van der Waals surface area (Å²) in [5, 5.41) is 0.496. The lowest BCUT2D eigenvalue weighted by Crippen LogP contribution is -2.14. The van der Waals surface area contributed by atoms with Gasteiger partial charge in [0.1, 0.15) is 11.6 Å². The molecule has 0 amide bonds. The van der Waals surface area contributed by atoms with Crippen molar-refractivity contribution in [3.05, 3.63) is 65.0 Å². The van der Waals surface area contributed by atoms with Crippen molar-refractivity contribution in [2.24, 2.45) is 10.7 Å². The van der Waals surface area contributed by atoms with Crippen LogP contribution in [0.2, 0.25) is 0 Å². The van der Waals surface area contributed by atoms with Crippen LogP contribution in [-0.4, -0.2) is 18.5 Å². The number of fused-ring (bicyclic) bond motifs is 1. The fraction of sp³-hybridized carbons (Fsp3) is 0.278. The summed E-state index contributed by atoms with van der Waals surface area (Å²) in [6, 6.07) is 13.1. The van der Waals surface area contributed by atoms with Crippen LogP contribution < -0.4 is 10.5 Å². The number of ether oxygens (including phenoxy) is 2. The van der Waals surface area contributed by atoms with E-state index in [2.05, 4.69) is 17.1 Å². The van der Waals surface area contributed by atoms with Gasteiger partial charge in [0.05, 0.1) is 6.61 Å². The monoisotopic (exact) mass is 382 g/mol. The molecule has 2 aromatic rings. The Morgan fingerprint density at radius 2 is 2.04 bits per heavy atom. The van der Waals surface area contributed by atoms with Crippen LogP contribution in [0.4, 0.5) is 4.39 Å². The second kappa shape index (κ2) is 9.65. The lowest BCUT2D eigenvalue weighted by Gasteiger charge is -2.20. The highest BCUT2D eigenvalue weighted by atomic mass is 35.5. The van der Waals surface area contributed by atoms with Crippen molar-refractivity contribution in [3.8, 4) is 5.75 Å². The largest absolute Gasteiger partial charge is 0.467 e. The van der Waals surface area contributed by atoms with Gasteiger partial charge in [-0.05, 0) is 24.1 Å². The van der Waals surface area contributed by atoms with E-state index in [1.165, 1.54) is 29.5 Å². The quantitative estimate of drug-likeness (QED) is 0.629. The summed E-state index contributed by atoms with van der Waals surface area (Å²) < 4.78 is 24.4. The van der Waals surface area contributed by atoms with Crippen LogP contribution in [-0.2, 0) is 23.5 Å². The number of hydrogen-bond acceptors (Lipinski definition) is 4. The predicted molar refractivity (Wildman–Crippen MR) is 102 cm³/mol. The smallest absolute Gasteiger partial charge is 0.189 e. The first-order valence-corrected chi connectivity index (χ1v) is 8.69. The molecule has 0 saturated heterocycles. The second-order valence-corrected chi connectivity index (χ2v) is 6.40. The summed E-state index contributed by atoms with van der Waals surface area (Å²) in [4.78, 5) is 4.37. The van der Waals surface area contributed by atoms with E-state index in [1.807, 2.05) is 18.2 Å². The van der Waals surface area contributed by atoms with Gasteiger partial charge >= 0.3 is 0 Å². The Labute approximate surface area is 157 Å². The molecule has 0 radical (unpaired) electrons. The Bertz CT molecular complexity index is 729. The van der Waals surface area contributed by atoms with E-state index in [0.29, 0.717) is 29.8 Å². The molecule has 0 spiro atoms. The summed E-state index contributed by atoms with van der Waals surface area (Å²) in [5.41, 5.74) is 8.69. The number of benzene rings is 2. The number of rotatable bonds is 5. The van der Waals surface area contributed by atoms with Gasteiger partial charge in [0, 0.05) is 23.4 Å². The number of nitrogens with two attached hydrogens (primary N) is 1. The molecule has 0 fully saturated rings. The molecule has 1 heterocycles. The van der Waals surface area contributed by atoms with Gasteiger partial charge in [0.15, 0.2) is 12.0 Å². The molecular weight excluding hydrogens is 363 g/mol. The highest BCUT2D eigenvalue weighted by molar-refractivity contribution is 8.13. The minimum Gasteiger partial charge on any atom is -0.467 e. The molecule has 1 aliphatic heterocycles. The van der Waals surface area contributed by atoms with Gasteiger partial charge in [-0.2, -0.15) is 0 Å². The fourth-order valence-electron chi connectivity index (χ4n) is 2.50. The van der Waals surface area contributed by atoms with Crippen molar-refractivity contribution in [1.29, 1.82) is 0 Å². The van der Waals surface area contributed by atoms with Gasteiger partial charge in [-0.1, -0.05) is 42.1 Å².